The van der Waals surface area contributed by atoms with E-state index in [0.29, 0.717) is 5.41 Å². The van der Waals surface area contributed by atoms with Crippen molar-refractivity contribution < 1.29 is 9.37 Å². The van der Waals surface area contributed by atoms with Crippen LogP contribution in [0, 0.1) is 5.41 Å². The van der Waals surface area contributed by atoms with Crippen molar-refractivity contribution in [1.29, 1.82) is 0 Å². The van der Waals surface area contributed by atoms with Gasteiger partial charge in [0.15, 0.2) is 0 Å². The topological polar surface area (TPSA) is 54.6 Å². The Hall–Kier alpha value is -1.50. The number of ether oxygens (including phenoxy) is 1. The zero-order valence-electron chi connectivity index (χ0n) is 14.4. The molecule has 24 heavy (non-hydrogen) atoms. The molecule has 0 amide bonds. The van der Waals surface area contributed by atoms with Crippen LogP contribution in [0.3, 0.4) is 0 Å². The number of nitrogens with zero attached hydrogens (tertiary/aromatic N) is 4. The van der Waals surface area contributed by atoms with E-state index in [1.807, 2.05) is 12.1 Å². The first-order chi connectivity index (χ1) is 11.8. The Kier molecular flexibility index (Phi) is 4.52. The van der Waals surface area contributed by atoms with E-state index in [-0.39, 0.29) is 0 Å². The molecule has 0 aliphatic carbocycles. The minimum atomic E-state index is 0.460. The van der Waals surface area contributed by atoms with E-state index >= 15 is 0 Å². The lowest BCUT2D eigenvalue weighted by Crippen LogP contribution is -2.45. The summed E-state index contributed by atoms with van der Waals surface area (Å²) in [6.07, 6.45) is 3.95. The number of likely N-dealkylation sites (tertiary alicyclic amines) is 2. The van der Waals surface area contributed by atoms with Gasteiger partial charge in [0.1, 0.15) is 11.0 Å². The van der Waals surface area contributed by atoms with Gasteiger partial charge in [0.05, 0.1) is 6.61 Å². The van der Waals surface area contributed by atoms with Crippen LogP contribution < -0.4 is 0 Å². The number of hydrogen-bond acceptors (Lipinski definition) is 6. The van der Waals surface area contributed by atoms with Crippen molar-refractivity contribution in [3.05, 3.63) is 23.8 Å². The Bertz CT molecular complexity index is 688. The molecule has 0 radical (unpaired) electrons. The van der Waals surface area contributed by atoms with E-state index in [2.05, 4.69) is 26.2 Å². The van der Waals surface area contributed by atoms with E-state index in [1.165, 1.54) is 51.0 Å². The minimum absolute atomic E-state index is 0.460. The molecule has 1 spiro atoms. The first kappa shape index (κ1) is 16.0. The van der Waals surface area contributed by atoms with E-state index in [9.17, 15) is 0 Å². The molecule has 6 nitrogen and oxygen atoms in total. The quantitative estimate of drug-likeness (QED) is 0.837. The molecule has 2 aliphatic heterocycles. The standard InChI is InChI=1S/C18H26N4O2/c1-23-11-10-21-8-3-6-18(13-21)7-9-22(14-18)12-15-4-2-5-16-17(15)20-24-19-16/h2,4-5H,3,6-14H2,1H3. The fourth-order valence-corrected chi connectivity index (χ4v) is 4.45. The number of hydrogen-bond donors (Lipinski definition) is 0. The lowest BCUT2D eigenvalue weighted by molar-refractivity contribution is 0.0674. The zero-order chi connectivity index (χ0) is 16.4. The van der Waals surface area contributed by atoms with Crippen LogP contribution in [-0.4, -0.2) is 66.6 Å². The number of piperidine rings is 1. The van der Waals surface area contributed by atoms with Gasteiger partial charge in [-0.2, -0.15) is 0 Å². The highest BCUT2D eigenvalue weighted by Crippen LogP contribution is 2.39. The first-order valence-corrected chi connectivity index (χ1v) is 8.92. The molecule has 3 heterocycles. The Balaban J connectivity index is 1.42. The van der Waals surface area contributed by atoms with Crippen molar-refractivity contribution in [2.75, 3.05) is 46.4 Å². The second kappa shape index (κ2) is 6.78. The van der Waals surface area contributed by atoms with Crippen LogP contribution in [0.25, 0.3) is 11.0 Å². The van der Waals surface area contributed by atoms with Crippen LogP contribution in [0.15, 0.2) is 22.8 Å². The summed E-state index contributed by atoms with van der Waals surface area (Å²) in [4.78, 5) is 5.15. The minimum Gasteiger partial charge on any atom is -0.383 e. The van der Waals surface area contributed by atoms with Gasteiger partial charge in [-0.1, -0.05) is 12.1 Å². The smallest absolute Gasteiger partial charge is 0.139 e. The maximum Gasteiger partial charge on any atom is 0.139 e. The molecule has 4 rings (SSSR count). The molecule has 0 N–H and O–H groups in total. The Morgan fingerprint density at radius 3 is 3.00 bits per heavy atom. The van der Waals surface area contributed by atoms with Gasteiger partial charge in [0, 0.05) is 33.3 Å². The zero-order valence-corrected chi connectivity index (χ0v) is 14.4. The van der Waals surface area contributed by atoms with Crippen LogP contribution in [0.1, 0.15) is 24.8 Å². The molecule has 2 aromatic rings. The van der Waals surface area contributed by atoms with E-state index in [0.717, 1.165) is 30.7 Å². The normalized spacial score (nSPS) is 25.9. The van der Waals surface area contributed by atoms with Gasteiger partial charge < -0.3 is 9.64 Å². The van der Waals surface area contributed by atoms with Crippen LogP contribution in [0.2, 0.25) is 0 Å². The van der Waals surface area contributed by atoms with Crippen molar-refractivity contribution in [3.8, 4) is 0 Å². The predicted molar refractivity (Wildman–Crippen MR) is 91.7 cm³/mol. The van der Waals surface area contributed by atoms with Gasteiger partial charge >= 0.3 is 0 Å². The molecule has 2 fully saturated rings. The molecule has 1 unspecified atom stereocenters. The highest BCUT2D eigenvalue weighted by molar-refractivity contribution is 5.76. The third-order valence-electron chi connectivity index (χ3n) is 5.63. The molecular formula is C18H26N4O2. The van der Waals surface area contributed by atoms with Gasteiger partial charge in [-0.25, -0.2) is 4.63 Å². The van der Waals surface area contributed by atoms with Gasteiger partial charge in [-0.15, -0.1) is 0 Å². The molecule has 1 aromatic carbocycles. The lowest BCUT2D eigenvalue weighted by atomic mass is 9.79. The van der Waals surface area contributed by atoms with Crippen LogP contribution in [0.4, 0.5) is 0 Å². The molecule has 1 aromatic heterocycles. The Morgan fingerprint density at radius 2 is 2.08 bits per heavy atom. The fraction of sp³-hybridized carbons (Fsp3) is 0.667. The third kappa shape index (κ3) is 3.18. The molecule has 130 valence electrons. The largest absolute Gasteiger partial charge is 0.383 e. The van der Waals surface area contributed by atoms with E-state index < -0.39 is 0 Å². The number of aromatic nitrogens is 2. The second-order valence-electron chi connectivity index (χ2n) is 7.38. The summed E-state index contributed by atoms with van der Waals surface area (Å²) in [5, 5.41) is 8.03. The summed E-state index contributed by atoms with van der Waals surface area (Å²) in [6.45, 7) is 7.60. The summed E-state index contributed by atoms with van der Waals surface area (Å²) < 4.78 is 10.1. The summed E-state index contributed by atoms with van der Waals surface area (Å²) in [7, 11) is 1.79. The monoisotopic (exact) mass is 330 g/mol. The van der Waals surface area contributed by atoms with E-state index in [4.69, 9.17) is 9.37 Å². The maximum atomic E-state index is 5.26. The summed E-state index contributed by atoms with van der Waals surface area (Å²) >= 11 is 0. The van der Waals surface area contributed by atoms with Crippen molar-refractivity contribution in [3.63, 3.8) is 0 Å². The van der Waals surface area contributed by atoms with Crippen molar-refractivity contribution >= 4 is 11.0 Å². The number of benzene rings is 1. The first-order valence-electron chi connectivity index (χ1n) is 8.92. The number of fused-ring (bicyclic) bond motifs is 1. The van der Waals surface area contributed by atoms with E-state index in [1.54, 1.807) is 7.11 Å². The summed E-state index contributed by atoms with van der Waals surface area (Å²) in [5.74, 6) is 0. The average Bonchev–Trinajstić information content (AvgIpc) is 3.21. The lowest BCUT2D eigenvalue weighted by Gasteiger charge is -2.40. The maximum absolute atomic E-state index is 5.26. The van der Waals surface area contributed by atoms with Gasteiger partial charge in [0.2, 0.25) is 0 Å². The van der Waals surface area contributed by atoms with Crippen molar-refractivity contribution in [2.24, 2.45) is 5.41 Å². The molecular weight excluding hydrogens is 304 g/mol. The molecule has 1 atom stereocenters. The molecule has 0 bridgehead atoms. The molecule has 6 heteroatoms. The van der Waals surface area contributed by atoms with Gasteiger partial charge in [-0.05, 0) is 59.7 Å². The SMILES string of the molecule is COCCN1CCCC2(CCN(Cc3cccc4nonc34)C2)C1. The van der Waals surface area contributed by atoms with Crippen LogP contribution >= 0.6 is 0 Å². The summed E-state index contributed by atoms with van der Waals surface area (Å²) in [5.41, 5.74) is 3.44. The average molecular weight is 330 g/mol. The number of methoxy groups -OCH3 is 1. The highest BCUT2D eigenvalue weighted by atomic mass is 16.6. The van der Waals surface area contributed by atoms with Gasteiger partial charge in [-0.3, -0.25) is 4.90 Å². The Morgan fingerprint density at radius 1 is 1.17 bits per heavy atom. The van der Waals surface area contributed by atoms with Crippen LogP contribution in [-0.2, 0) is 11.3 Å². The second-order valence-corrected chi connectivity index (χ2v) is 7.38. The Labute approximate surface area is 142 Å². The van der Waals surface area contributed by atoms with Crippen molar-refractivity contribution in [2.45, 2.75) is 25.8 Å². The highest BCUT2D eigenvalue weighted by Gasteiger charge is 2.41. The number of rotatable bonds is 5. The summed E-state index contributed by atoms with van der Waals surface area (Å²) in [6, 6.07) is 6.14. The van der Waals surface area contributed by atoms with Crippen LogP contribution in [0.5, 0.6) is 0 Å². The molecule has 2 aliphatic rings. The van der Waals surface area contributed by atoms with Gasteiger partial charge in [0.25, 0.3) is 0 Å². The third-order valence-corrected chi connectivity index (χ3v) is 5.63. The van der Waals surface area contributed by atoms with Crippen molar-refractivity contribution in [1.82, 2.24) is 20.1 Å². The molecule has 2 saturated heterocycles. The molecule has 0 saturated carbocycles. The fourth-order valence-electron chi connectivity index (χ4n) is 4.45. The predicted octanol–water partition coefficient (Wildman–Crippen LogP) is 2.16.